The van der Waals surface area contributed by atoms with E-state index in [2.05, 4.69) is 38.3 Å². The van der Waals surface area contributed by atoms with Gasteiger partial charge in [-0.15, -0.1) is 0 Å². The van der Waals surface area contributed by atoms with E-state index in [0.29, 0.717) is 6.04 Å². The first-order valence-electron chi connectivity index (χ1n) is 6.99. The molecule has 4 heteroatoms. The molecule has 0 aromatic carbocycles. The number of piperidine rings is 1. The highest BCUT2D eigenvalue weighted by atomic mass is 15.2. The standard InChI is InChI=1S/C15H20N4/c1-12-5-4-6-13(17-12)11-19-10-3-2-7-15(19)14-8-9-16-18-14/h4-6,8-9,15H,2-3,7,10-11H2,1H3,(H,16,18). The molecule has 1 fully saturated rings. The summed E-state index contributed by atoms with van der Waals surface area (Å²) in [6.45, 7) is 4.11. The van der Waals surface area contributed by atoms with E-state index in [9.17, 15) is 0 Å². The lowest BCUT2D eigenvalue weighted by Crippen LogP contribution is -2.33. The van der Waals surface area contributed by atoms with E-state index in [1.807, 2.05) is 19.2 Å². The summed E-state index contributed by atoms with van der Waals surface area (Å²) in [4.78, 5) is 7.13. The Bertz CT molecular complexity index is 521. The Balaban J connectivity index is 1.77. The molecular formula is C15H20N4. The number of pyridine rings is 1. The van der Waals surface area contributed by atoms with Gasteiger partial charge in [-0.05, 0) is 44.5 Å². The van der Waals surface area contributed by atoms with Crippen molar-refractivity contribution in [2.75, 3.05) is 6.54 Å². The van der Waals surface area contributed by atoms with Gasteiger partial charge in [-0.2, -0.15) is 5.10 Å². The van der Waals surface area contributed by atoms with Crippen LogP contribution in [0.3, 0.4) is 0 Å². The highest BCUT2D eigenvalue weighted by molar-refractivity contribution is 5.12. The van der Waals surface area contributed by atoms with Crippen molar-refractivity contribution in [3.63, 3.8) is 0 Å². The zero-order chi connectivity index (χ0) is 13.1. The zero-order valence-corrected chi connectivity index (χ0v) is 11.3. The average Bonchev–Trinajstić information content (AvgIpc) is 2.93. The summed E-state index contributed by atoms with van der Waals surface area (Å²) in [5.74, 6) is 0. The van der Waals surface area contributed by atoms with E-state index in [4.69, 9.17) is 0 Å². The van der Waals surface area contributed by atoms with Crippen LogP contribution in [0.25, 0.3) is 0 Å². The van der Waals surface area contributed by atoms with Gasteiger partial charge in [0, 0.05) is 18.4 Å². The minimum absolute atomic E-state index is 0.457. The smallest absolute Gasteiger partial charge is 0.0547 e. The number of likely N-dealkylation sites (tertiary alicyclic amines) is 1. The van der Waals surface area contributed by atoms with Gasteiger partial charge < -0.3 is 0 Å². The quantitative estimate of drug-likeness (QED) is 0.918. The van der Waals surface area contributed by atoms with Crippen molar-refractivity contribution in [3.8, 4) is 0 Å². The van der Waals surface area contributed by atoms with Crippen LogP contribution in [0.5, 0.6) is 0 Å². The summed E-state index contributed by atoms with van der Waals surface area (Å²) in [6, 6.07) is 8.80. The largest absolute Gasteiger partial charge is 0.289 e. The van der Waals surface area contributed by atoms with Crippen LogP contribution in [-0.2, 0) is 6.54 Å². The number of aromatic nitrogens is 3. The van der Waals surface area contributed by atoms with Crippen molar-refractivity contribution >= 4 is 0 Å². The van der Waals surface area contributed by atoms with E-state index in [-0.39, 0.29) is 0 Å². The molecule has 0 bridgehead atoms. The molecule has 1 saturated heterocycles. The van der Waals surface area contributed by atoms with Gasteiger partial charge in [0.1, 0.15) is 0 Å². The normalized spacial score (nSPS) is 20.6. The van der Waals surface area contributed by atoms with Crippen LogP contribution >= 0.6 is 0 Å². The molecule has 3 heterocycles. The first kappa shape index (κ1) is 12.4. The molecule has 0 amide bonds. The summed E-state index contributed by atoms with van der Waals surface area (Å²) in [5, 5.41) is 7.21. The maximum Gasteiger partial charge on any atom is 0.0547 e. The Kier molecular flexibility index (Phi) is 3.60. The molecule has 3 rings (SSSR count). The Morgan fingerprint density at radius 3 is 3.05 bits per heavy atom. The molecule has 1 atom stereocenters. The summed E-state index contributed by atoms with van der Waals surface area (Å²) < 4.78 is 0. The number of nitrogens with zero attached hydrogens (tertiary/aromatic N) is 3. The molecule has 1 N–H and O–H groups in total. The second-order valence-electron chi connectivity index (χ2n) is 5.26. The number of H-pyrrole nitrogens is 1. The van der Waals surface area contributed by atoms with Gasteiger partial charge in [0.05, 0.1) is 17.4 Å². The summed E-state index contributed by atoms with van der Waals surface area (Å²) in [6.07, 6.45) is 5.61. The molecule has 1 unspecified atom stereocenters. The predicted molar refractivity (Wildman–Crippen MR) is 74.6 cm³/mol. The third-order valence-electron chi connectivity index (χ3n) is 3.81. The van der Waals surface area contributed by atoms with Gasteiger partial charge in [-0.25, -0.2) is 0 Å². The van der Waals surface area contributed by atoms with Crippen LogP contribution in [0.1, 0.15) is 42.4 Å². The zero-order valence-electron chi connectivity index (χ0n) is 11.3. The van der Waals surface area contributed by atoms with E-state index in [1.165, 1.54) is 25.0 Å². The van der Waals surface area contributed by atoms with Gasteiger partial charge in [0.15, 0.2) is 0 Å². The number of hydrogen-bond acceptors (Lipinski definition) is 3. The number of nitrogens with one attached hydrogen (secondary N) is 1. The molecule has 2 aromatic heterocycles. The molecule has 100 valence electrons. The van der Waals surface area contributed by atoms with Crippen molar-refractivity contribution in [2.24, 2.45) is 0 Å². The van der Waals surface area contributed by atoms with Crippen molar-refractivity contribution in [3.05, 3.63) is 47.5 Å². The van der Waals surface area contributed by atoms with Crippen LogP contribution in [-0.4, -0.2) is 26.6 Å². The summed E-state index contributed by atoms with van der Waals surface area (Å²) >= 11 is 0. The number of aromatic amines is 1. The second kappa shape index (κ2) is 5.53. The molecule has 2 aromatic rings. The lowest BCUT2D eigenvalue weighted by atomic mass is 9.99. The van der Waals surface area contributed by atoms with Crippen LogP contribution < -0.4 is 0 Å². The lowest BCUT2D eigenvalue weighted by Gasteiger charge is -2.34. The third-order valence-corrected chi connectivity index (χ3v) is 3.81. The molecule has 0 saturated carbocycles. The van der Waals surface area contributed by atoms with Crippen LogP contribution in [0.4, 0.5) is 0 Å². The Hall–Kier alpha value is -1.68. The lowest BCUT2D eigenvalue weighted by molar-refractivity contribution is 0.135. The second-order valence-corrected chi connectivity index (χ2v) is 5.26. The first-order chi connectivity index (χ1) is 9.33. The van der Waals surface area contributed by atoms with E-state index >= 15 is 0 Å². The van der Waals surface area contributed by atoms with Crippen LogP contribution in [0.2, 0.25) is 0 Å². The van der Waals surface area contributed by atoms with Crippen molar-refractivity contribution < 1.29 is 0 Å². The minimum Gasteiger partial charge on any atom is -0.289 e. The average molecular weight is 256 g/mol. The highest BCUT2D eigenvalue weighted by Gasteiger charge is 2.25. The highest BCUT2D eigenvalue weighted by Crippen LogP contribution is 2.30. The Morgan fingerprint density at radius 1 is 1.32 bits per heavy atom. The van der Waals surface area contributed by atoms with Crippen molar-refractivity contribution in [2.45, 2.75) is 38.8 Å². The van der Waals surface area contributed by atoms with Gasteiger partial charge in [-0.1, -0.05) is 12.5 Å². The third kappa shape index (κ3) is 2.84. The van der Waals surface area contributed by atoms with E-state index in [1.54, 1.807) is 0 Å². The molecule has 19 heavy (non-hydrogen) atoms. The van der Waals surface area contributed by atoms with Crippen molar-refractivity contribution in [1.82, 2.24) is 20.1 Å². The van der Waals surface area contributed by atoms with Gasteiger partial charge >= 0.3 is 0 Å². The van der Waals surface area contributed by atoms with Crippen LogP contribution in [0.15, 0.2) is 30.5 Å². The Labute approximate surface area is 113 Å². The molecule has 0 radical (unpaired) electrons. The number of aryl methyl sites for hydroxylation is 1. The Morgan fingerprint density at radius 2 is 2.26 bits per heavy atom. The molecular weight excluding hydrogens is 236 g/mol. The fraction of sp³-hybridized carbons (Fsp3) is 0.467. The molecule has 1 aliphatic heterocycles. The summed E-state index contributed by atoms with van der Waals surface area (Å²) in [5.41, 5.74) is 3.48. The van der Waals surface area contributed by atoms with E-state index in [0.717, 1.165) is 24.5 Å². The van der Waals surface area contributed by atoms with Gasteiger partial charge in [0.25, 0.3) is 0 Å². The maximum absolute atomic E-state index is 4.62. The van der Waals surface area contributed by atoms with Crippen molar-refractivity contribution in [1.29, 1.82) is 0 Å². The summed E-state index contributed by atoms with van der Waals surface area (Å²) in [7, 11) is 0. The maximum atomic E-state index is 4.62. The van der Waals surface area contributed by atoms with E-state index < -0.39 is 0 Å². The molecule has 0 spiro atoms. The number of hydrogen-bond donors (Lipinski definition) is 1. The molecule has 1 aliphatic rings. The predicted octanol–water partition coefficient (Wildman–Crippen LogP) is 2.84. The number of rotatable bonds is 3. The topological polar surface area (TPSA) is 44.8 Å². The molecule has 0 aliphatic carbocycles. The SMILES string of the molecule is Cc1cccc(CN2CCCCC2c2ccn[nH]2)n1. The minimum atomic E-state index is 0.457. The van der Waals surface area contributed by atoms with Gasteiger partial charge in [0.2, 0.25) is 0 Å². The van der Waals surface area contributed by atoms with Crippen LogP contribution in [0, 0.1) is 6.92 Å². The molecule has 4 nitrogen and oxygen atoms in total. The van der Waals surface area contributed by atoms with Gasteiger partial charge in [-0.3, -0.25) is 15.0 Å². The fourth-order valence-corrected chi connectivity index (χ4v) is 2.88. The monoisotopic (exact) mass is 256 g/mol. The fourth-order valence-electron chi connectivity index (χ4n) is 2.88. The first-order valence-corrected chi connectivity index (χ1v) is 6.99.